The summed E-state index contributed by atoms with van der Waals surface area (Å²) < 4.78 is 4.16. The van der Waals surface area contributed by atoms with E-state index in [9.17, 15) is 4.79 Å². The number of aromatic nitrogens is 5. The van der Waals surface area contributed by atoms with Gasteiger partial charge in [0.15, 0.2) is 0 Å². The van der Waals surface area contributed by atoms with Crippen molar-refractivity contribution in [3.05, 3.63) is 63.1 Å². The van der Waals surface area contributed by atoms with Gasteiger partial charge in [0.05, 0.1) is 17.1 Å². The molecule has 0 unspecified atom stereocenters. The van der Waals surface area contributed by atoms with E-state index in [2.05, 4.69) is 25.2 Å². The highest BCUT2D eigenvalue weighted by molar-refractivity contribution is 7.20. The van der Waals surface area contributed by atoms with E-state index >= 15 is 0 Å². The molecule has 1 aliphatic rings. The summed E-state index contributed by atoms with van der Waals surface area (Å²) in [6.07, 6.45) is 5.25. The maximum absolute atomic E-state index is 12.8. The molecule has 5 rings (SSSR count). The van der Waals surface area contributed by atoms with Gasteiger partial charge in [0.25, 0.3) is 5.91 Å². The summed E-state index contributed by atoms with van der Waals surface area (Å²) in [4.78, 5) is 14.5. The van der Waals surface area contributed by atoms with Gasteiger partial charge in [0.2, 0.25) is 0 Å². The standard InChI is InChI=1S/C23H25ClN6OS/c1-15-17-13-19(32-23(17)30(28-15)14-16-7-4-5-8-18(16)24)22(31)25-11-10-21-27-26-20-9-3-2-6-12-29(20)21/h4-5,7-8,13H,2-3,6,9-12,14H2,1H3,(H,25,31). The first-order valence-corrected chi connectivity index (χ1v) is 12.2. The predicted octanol–water partition coefficient (Wildman–Crippen LogP) is 4.40. The highest BCUT2D eigenvalue weighted by atomic mass is 35.5. The molecule has 0 fully saturated rings. The van der Waals surface area contributed by atoms with E-state index in [0.29, 0.717) is 24.4 Å². The lowest BCUT2D eigenvalue weighted by Gasteiger charge is -2.07. The average Bonchev–Trinajstić information content (AvgIpc) is 3.41. The molecule has 1 aliphatic heterocycles. The molecular formula is C23H25ClN6OS. The van der Waals surface area contributed by atoms with E-state index in [1.165, 1.54) is 24.2 Å². The van der Waals surface area contributed by atoms with Crippen molar-refractivity contribution in [3.8, 4) is 0 Å². The number of carbonyl (C=O) groups is 1. The van der Waals surface area contributed by atoms with Crippen molar-refractivity contribution in [2.24, 2.45) is 0 Å². The number of aryl methyl sites for hydroxylation is 2. The van der Waals surface area contributed by atoms with Gasteiger partial charge >= 0.3 is 0 Å². The molecule has 9 heteroatoms. The zero-order chi connectivity index (χ0) is 22.1. The van der Waals surface area contributed by atoms with Crippen molar-refractivity contribution >= 4 is 39.1 Å². The molecule has 7 nitrogen and oxygen atoms in total. The molecule has 166 valence electrons. The molecule has 0 radical (unpaired) electrons. The summed E-state index contributed by atoms with van der Waals surface area (Å²) in [6, 6.07) is 9.70. The minimum Gasteiger partial charge on any atom is -0.351 e. The Bertz CT molecular complexity index is 1270. The fraction of sp³-hybridized carbons (Fsp3) is 0.391. The number of nitrogens with zero attached hydrogens (tertiary/aromatic N) is 5. The fourth-order valence-electron chi connectivity index (χ4n) is 4.22. The van der Waals surface area contributed by atoms with Crippen molar-refractivity contribution in [1.82, 2.24) is 29.9 Å². The van der Waals surface area contributed by atoms with Gasteiger partial charge in [-0.2, -0.15) is 5.10 Å². The van der Waals surface area contributed by atoms with E-state index < -0.39 is 0 Å². The second kappa shape index (κ2) is 9.03. The van der Waals surface area contributed by atoms with Gasteiger partial charge in [-0.15, -0.1) is 21.5 Å². The molecule has 3 aromatic heterocycles. The monoisotopic (exact) mass is 468 g/mol. The van der Waals surface area contributed by atoms with Crippen LogP contribution in [-0.4, -0.2) is 37.0 Å². The smallest absolute Gasteiger partial charge is 0.261 e. The maximum Gasteiger partial charge on any atom is 0.261 e. The molecule has 1 aromatic carbocycles. The number of fused-ring (bicyclic) bond motifs is 2. The second-order valence-electron chi connectivity index (χ2n) is 8.16. The van der Waals surface area contributed by atoms with Gasteiger partial charge in [-0.1, -0.05) is 36.2 Å². The summed E-state index contributed by atoms with van der Waals surface area (Å²) in [5.74, 6) is 1.97. The molecule has 1 N–H and O–H groups in total. The molecule has 4 heterocycles. The summed E-state index contributed by atoms with van der Waals surface area (Å²) >= 11 is 7.79. The minimum absolute atomic E-state index is 0.0644. The highest BCUT2D eigenvalue weighted by Crippen LogP contribution is 2.29. The maximum atomic E-state index is 12.8. The number of thiophene rings is 1. The van der Waals surface area contributed by atoms with Crippen LogP contribution in [0.25, 0.3) is 10.2 Å². The summed E-state index contributed by atoms with van der Waals surface area (Å²) in [5, 5.41) is 18.1. The Kier molecular flexibility index (Phi) is 5.97. The van der Waals surface area contributed by atoms with Crippen molar-refractivity contribution < 1.29 is 4.79 Å². The molecule has 0 atom stereocenters. The van der Waals surface area contributed by atoms with Crippen LogP contribution in [0.2, 0.25) is 5.02 Å². The fourth-order valence-corrected chi connectivity index (χ4v) is 5.50. The lowest BCUT2D eigenvalue weighted by atomic mass is 10.2. The number of hydrogen-bond donors (Lipinski definition) is 1. The molecule has 0 bridgehead atoms. The zero-order valence-electron chi connectivity index (χ0n) is 18.0. The number of rotatable bonds is 6. The largest absolute Gasteiger partial charge is 0.351 e. The summed E-state index contributed by atoms with van der Waals surface area (Å²) in [7, 11) is 0. The van der Waals surface area contributed by atoms with Crippen LogP contribution in [0.15, 0.2) is 30.3 Å². The van der Waals surface area contributed by atoms with Gasteiger partial charge < -0.3 is 9.88 Å². The van der Waals surface area contributed by atoms with E-state index in [4.69, 9.17) is 11.6 Å². The third-order valence-corrected chi connectivity index (χ3v) is 7.45. The first kappa shape index (κ1) is 21.2. The Balaban J connectivity index is 1.27. The highest BCUT2D eigenvalue weighted by Gasteiger charge is 2.18. The Labute approximate surface area is 195 Å². The Hall–Kier alpha value is -2.71. The van der Waals surface area contributed by atoms with Crippen LogP contribution in [0, 0.1) is 6.92 Å². The lowest BCUT2D eigenvalue weighted by molar-refractivity contribution is 0.0958. The molecule has 0 saturated heterocycles. The number of carbonyl (C=O) groups excluding carboxylic acids is 1. The molecule has 4 aromatic rings. The molecule has 32 heavy (non-hydrogen) atoms. The quantitative estimate of drug-likeness (QED) is 0.455. The molecular weight excluding hydrogens is 444 g/mol. The number of hydrogen-bond acceptors (Lipinski definition) is 5. The number of amides is 1. The Morgan fingerprint density at radius 3 is 2.97 bits per heavy atom. The van der Waals surface area contributed by atoms with Gasteiger partial charge in [-0.3, -0.25) is 9.48 Å². The number of halogens is 1. The SMILES string of the molecule is Cc1nn(Cc2ccccc2Cl)c2sc(C(=O)NCCc3nnc4n3CCCCC4)cc12. The third-order valence-electron chi connectivity index (χ3n) is 5.93. The van der Waals surface area contributed by atoms with Crippen LogP contribution in [0.5, 0.6) is 0 Å². The number of benzene rings is 1. The Morgan fingerprint density at radius 1 is 1.22 bits per heavy atom. The van der Waals surface area contributed by atoms with Gasteiger partial charge in [0, 0.05) is 36.3 Å². The van der Waals surface area contributed by atoms with Gasteiger partial charge in [-0.25, -0.2) is 0 Å². The molecule has 1 amide bonds. The minimum atomic E-state index is -0.0644. The lowest BCUT2D eigenvalue weighted by Crippen LogP contribution is -2.26. The van der Waals surface area contributed by atoms with E-state index in [1.807, 2.05) is 41.9 Å². The van der Waals surface area contributed by atoms with Gasteiger partial charge in [-0.05, 0) is 37.5 Å². The second-order valence-corrected chi connectivity index (χ2v) is 9.60. The van der Waals surface area contributed by atoms with Crippen molar-refractivity contribution in [2.75, 3.05) is 6.54 Å². The van der Waals surface area contributed by atoms with E-state index in [0.717, 1.165) is 57.5 Å². The van der Waals surface area contributed by atoms with Crippen molar-refractivity contribution in [1.29, 1.82) is 0 Å². The molecule has 0 spiro atoms. The molecule has 0 aliphatic carbocycles. The predicted molar refractivity (Wildman–Crippen MR) is 127 cm³/mol. The van der Waals surface area contributed by atoms with Crippen LogP contribution < -0.4 is 5.32 Å². The first-order valence-electron chi connectivity index (χ1n) is 11.0. The number of nitrogens with one attached hydrogen (secondary N) is 1. The van der Waals surface area contributed by atoms with Crippen molar-refractivity contribution in [3.63, 3.8) is 0 Å². The van der Waals surface area contributed by atoms with Crippen LogP contribution >= 0.6 is 22.9 Å². The third kappa shape index (κ3) is 4.17. The first-order chi connectivity index (χ1) is 15.6. The van der Waals surface area contributed by atoms with Crippen LogP contribution in [0.1, 0.15) is 51.8 Å². The molecule has 0 saturated carbocycles. The Morgan fingerprint density at radius 2 is 2.09 bits per heavy atom. The van der Waals surface area contributed by atoms with Crippen LogP contribution in [0.4, 0.5) is 0 Å². The van der Waals surface area contributed by atoms with E-state index in [-0.39, 0.29) is 5.91 Å². The normalized spacial score (nSPS) is 13.8. The van der Waals surface area contributed by atoms with Gasteiger partial charge in [0.1, 0.15) is 16.5 Å². The van der Waals surface area contributed by atoms with Crippen LogP contribution in [-0.2, 0) is 25.9 Å². The average molecular weight is 469 g/mol. The van der Waals surface area contributed by atoms with Crippen LogP contribution in [0.3, 0.4) is 0 Å². The van der Waals surface area contributed by atoms with E-state index in [1.54, 1.807) is 0 Å². The topological polar surface area (TPSA) is 77.6 Å². The summed E-state index contributed by atoms with van der Waals surface area (Å²) in [6.45, 7) is 4.06. The van der Waals surface area contributed by atoms with Crippen molar-refractivity contribution in [2.45, 2.75) is 52.1 Å². The summed E-state index contributed by atoms with van der Waals surface area (Å²) in [5.41, 5.74) is 1.92. The zero-order valence-corrected chi connectivity index (χ0v) is 19.5.